The molecule has 1 aliphatic heterocycles. The SMILES string of the molecule is O=C(NC(CO)C(=O)NCCN1CCOCC1)c1c[nH]c(=O)[nH]c1=O. The molecular formula is C14H21N5O6. The summed E-state index contributed by atoms with van der Waals surface area (Å²) in [6.07, 6.45) is 0.946. The maximum atomic E-state index is 12.0. The number of nitrogens with one attached hydrogen (secondary N) is 4. The minimum absolute atomic E-state index is 0.352. The fraction of sp³-hybridized carbons (Fsp3) is 0.571. The largest absolute Gasteiger partial charge is 0.394 e. The molecule has 1 aromatic heterocycles. The van der Waals surface area contributed by atoms with Crippen molar-refractivity contribution in [2.45, 2.75) is 6.04 Å². The Labute approximate surface area is 142 Å². The van der Waals surface area contributed by atoms with Crippen LogP contribution in [0.1, 0.15) is 10.4 Å². The van der Waals surface area contributed by atoms with Gasteiger partial charge in [0.05, 0.1) is 19.8 Å². The average molecular weight is 355 g/mol. The minimum atomic E-state index is -1.21. The first-order chi connectivity index (χ1) is 12.0. The summed E-state index contributed by atoms with van der Waals surface area (Å²) in [6.45, 7) is 3.21. The van der Waals surface area contributed by atoms with Crippen molar-refractivity contribution < 1.29 is 19.4 Å². The maximum absolute atomic E-state index is 12.0. The predicted molar refractivity (Wildman–Crippen MR) is 86.3 cm³/mol. The molecule has 0 spiro atoms. The van der Waals surface area contributed by atoms with E-state index in [1.165, 1.54) is 0 Å². The van der Waals surface area contributed by atoms with Crippen molar-refractivity contribution in [3.8, 4) is 0 Å². The Balaban J connectivity index is 1.85. The molecule has 11 nitrogen and oxygen atoms in total. The lowest BCUT2D eigenvalue weighted by Crippen LogP contribution is -2.51. The number of hydrogen-bond donors (Lipinski definition) is 5. The lowest BCUT2D eigenvalue weighted by atomic mass is 10.2. The molecule has 1 aliphatic rings. The van der Waals surface area contributed by atoms with Crippen LogP contribution < -0.4 is 21.9 Å². The summed E-state index contributed by atoms with van der Waals surface area (Å²) >= 11 is 0. The highest BCUT2D eigenvalue weighted by Crippen LogP contribution is 1.95. The number of aliphatic hydroxyl groups is 1. The molecule has 0 aliphatic carbocycles. The first-order valence-electron chi connectivity index (χ1n) is 7.83. The van der Waals surface area contributed by atoms with Crippen molar-refractivity contribution in [2.24, 2.45) is 0 Å². The average Bonchev–Trinajstić information content (AvgIpc) is 2.60. The first-order valence-corrected chi connectivity index (χ1v) is 7.83. The van der Waals surface area contributed by atoms with Crippen molar-refractivity contribution in [3.05, 3.63) is 32.6 Å². The van der Waals surface area contributed by atoms with Gasteiger partial charge in [-0.15, -0.1) is 0 Å². The van der Waals surface area contributed by atoms with Gasteiger partial charge in [0.25, 0.3) is 11.5 Å². The number of hydrogen-bond acceptors (Lipinski definition) is 7. The summed E-state index contributed by atoms with van der Waals surface area (Å²) in [4.78, 5) is 52.7. The van der Waals surface area contributed by atoms with Gasteiger partial charge in [-0.3, -0.25) is 24.3 Å². The smallest absolute Gasteiger partial charge is 0.325 e. The molecule has 1 atom stereocenters. The van der Waals surface area contributed by atoms with Gasteiger partial charge in [-0.05, 0) is 0 Å². The van der Waals surface area contributed by atoms with E-state index in [1.54, 1.807) is 0 Å². The number of aromatic nitrogens is 2. The predicted octanol–water partition coefficient (Wildman–Crippen LogP) is -3.40. The topological polar surface area (TPSA) is 157 Å². The van der Waals surface area contributed by atoms with Gasteiger partial charge in [0.1, 0.15) is 11.6 Å². The highest BCUT2D eigenvalue weighted by atomic mass is 16.5. The first kappa shape index (κ1) is 18.8. The fourth-order valence-corrected chi connectivity index (χ4v) is 2.29. The summed E-state index contributed by atoms with van der Waals surface area (Å²) in [5.41, 5.74) is -1.99. The van der Waals surface area contributed by atoms with Crippen LogP contribution in [0.5, 0.6) is 0 Å². The third-order valence-corrected chi connectivity index (χ3v) is 3.70. The zero-order chi connectivity index (χ0) is 18.2. The van der Waals surface area contributed by atoms with Gasteiger partial charge in [0.2, 0.25) is 5.91 Å². The molecule has 5 N–H and O–H groups in total. The van der Waals surface area contributed by atoms with Crippen molar-refractivity contribution in [1.29, 1.82) is 0 Å². The minimum Gasteiger partial charge on any atom is -0.394 e. The molecule has 2 amide bonds. The number of nitrogens with zero attached hydrogens (tertiary/aromatic N) is 1. The van der Waals surface area contributed by atoms with Crippen LogP contribution in [0.15, 0.2) is 15.8 Å². The second-order valence-corrected chi connectivity index (χ2v) is 5.44. The number of carbonyl (C=O) groups is 2. The number of morpholine rings is 1. The molecule has 1 unspecified atom stereocenters. The number of rotatable bonds is 7. The number of H-pyrrole nitrogens is 2. The molecule has 0 saturated carbocycles. The molecule has 1 saturated heterocycles. The van der Waals surface area contributed by atoms with Crippen LogP contribution >= 0.6 is 0 Å². The van der Waals surface area contributed by atoms with E-state index in [9.17, 15) is 24.3 Å². The lowest BCUT2D eigenvalue weighted by Gasteiger charge is -2.26. The Morgan fingerprint density at radius 1 is 1.32 bits per heavy atom. The lowest BCUT2D eigenvalue weighted by molar-refractivity contribution is -0.123. The quantitative estimate of drug-likeness (QED) is 0.341. The number of ether oxygens (including phenoxy) is 1. The van der Waals surface area contributed by atoms with Gasteiger partial charge in [0.15, 0.2) is 0 Å². The number of amides is 2. The van der Waals surface area contributed by atoms with E-state index in [0.717, 1.165) is 19.3 Å². The second-order valence-electron chi connectivity index (χ2n) is 5.44. The van der Waals surface area contributed by atoms with Gasteiger partial charge >= 0.3 is 5.69 Å². The summed E-state index contributed by atoms with van der Waals surface area (Å²) in [5, 5.41) is 14.2. The van der Waals surface area contributed by atoms with Crippen LogP contribution in [0.3, 0.4) is 0 Å². The Morgan fingerprint density at radius 2 is 2.04 bits per heavy atom. The van der Waals surface area contributed by atoms with Crippen molar-refractivity contribution in [1.82, 2.24) is 25.5 Å². The van der Waals surface area contributed by atoms with Gasteiger partial charge in [-0.2, -0.15) is 0 Å². The molecule has 25 heavy (non-hydrogen) atoms. The van der Waals surface area contributed by atoms with Crippen LogP contribution in [0.4, 0.5) is 0 Å². The molecule has 2 heterocycles. The zero-order valence-electron chi connectivity index (χ0n) is 13.5. The van der Waals surface area contributed by atoms with Crippen LogP contribution in [0, 0.1) is 0 Å². The Hall–Kier alpha value is -2.50. The summed E-state index contributed by atoms with van der Waals surface area (Å²) in [6, 6.07) is -1.21. The second kappa shape index (κ2) is 9.11. The fourth-order valence-electron chi connectivity index (χ4n) is 2.29. The normalized spacial score (nSPS) is 16.2. The maximum Gasteiger partial charge on any atom is 0.325 e. The summed E-state index contributed by atoms with van der Waals surface area (Å²) in [7, 11) is 0. The third-order valence-electron chi connectivity index (χ3n) is 3.70. The van der Waals surface area contributed by atoms with Gasteiger partial charge in [-0.25, -0.2) is 4.79 Å². The zero-order valence-corrected chi connectivity index (χ0v) is 13.5. The summed E-state index contributed by atoms with van der Waals surface area (Å²) < 4.78 is 5.23. The van der Waals surface area contributed by atoms with E-state index in [4.69, 9.17) is 4.74 Å². The van der Waals surface area contributed by atoms with Crippen LogP contribution in [0.25, 0.3) is 0 Å². The molecule has 11 heteroatoms. The van der Waals surface area contributed by atoms with E-state index in [-0.39, 0.29) is 5.56 Å². The van der Waals surface area contributed by atoms with Crippen molar-refractivity contribution >= 4 is 11.8 Å². The van der Waals surface area contributed by atoms with E-state index in [0.29, 0.717) is 26.3 Å². The molecular weight excluding hydrogens is 334 g/mol. The van der Waals surface area contributed by atoms with E-state index < -0.39 is 35.7 Å². The highest BCUT2D eigenvalue weighted by molar-refractivity contribution is 5.97. The Bertz CT molecular complexity index is 708. The van der Waals surface area contributed by atoms with E-state index in [1.807, 2.05) is 4.98 Å². The van der Waals surface area contributed by atoms with Gasteiger partial charge in [0, 0.05) is 32.4 Å². The molecule has 0 bridgehead atoms. The van der Waals surface area contributed by atoms with Crippen LogP contribution in [-0.2, 0) is 9.53 Å². The monoisotopic (exact) mass is 355 g/mol. The van der Waals surface area contributed by atoms with Gasteiger partial charge < -0.3 is 25.5 Å². The Kier molecular flexibility index (Phi) is 6.86. The molecule has 138 valence electrons. The third kappa shape index (κ3) is 5.52. The van der Waals surface area contributed by atoms with Crippen LogP contribution in [-0.4, -0.2) is 83.8 Å². The molecule has 0 radical (unpaired) electrons. The summed E-state index contributed by atoms with van der Waals surface area (Å²) in [5.74, 6) is -1.44. The van der Waals surface area contributed by atoms with Crippen molar-refractivity contribution in [3.63, 3.8) is 0 Å². The number of carbonyl (C=O) groups excluding carboxylic acids is 2. The van der Waals surface area contributed by atoms with Gasteiger partial charge in [-0.1, -0.05) is 0 Å². The standard InChI is InChI=1S/C14H21N5O6/c20-8-10(13(23)15-1-2-19-3-5-25-6-4-19)17-11(21)9-7-16-14(24)18-12(9)22/h7,10,20H,1-6,8H2,(H,15,23)(H,17,21)(H2,16,18,22,24). The highest BCUT2D eigenvalue weighted by Gasteiger charge is 2.22. The van der Waals surface area contributed by atoms with Crippen molar-refractivity contribution in [2.75, 3.05) is 46.0 Å². The molecule has 0 aromatic carbocycles. The Morgan fingerprint density at radius 3 is 2.68 bits per heavy atom. The number of aliphatic hydroxyl groups excluding tert-OH is 1. The molecule has 2 rings (SSSR count). The number of aromatic amines is 2. The van der Waals surface area contributed by atoms with Crippen LogP contribution in [0.2, 0.25) is 0 Å². The van der Waals surface area contributed by atoms with E-state index in [2.05, 4.69) is 20.5 Å². The molecule has 1 fully saturated rings. The molecule has 1 aromatic rings. The van der Waals surface area contributed by atoms with E-state index >= 15 is 0 Å².